The molecule has 1 N–H and O–H groups in total. The van der Waals surface area contributed by atoms with Gasteiger partial charge in [0, 0.05) is 5.56 Å². The molecule has 122 valence electrons. The average molecular weight is 308 g/mol. The number of aryl methyl sites for hydroxylation is 1. The summed E-state index contributed by atoms with van der Waals surface area (Å²) in [6.07, 6.45) is 14.2. The molecule has 0 bridgehead atoms. The number of benzene rings is 1. The predicted octanol–water partition coefficient (Wildman–Crippen LogP) is 6.52. The lowest BCUT2D eigenvalue weighted by atomic mass is 9.88. The second-order valence-corrected chi connectivity index (χ2v) is 5.20. The first-order chi connectivity index (χ1) is 11.2. The third-order valence-corrected chi connectivity index (χ3v) is 3.78. The number of aromatic hydroxyl groups is 1. The summed E-state index contributed by atoms with van der Waals surface area (Å²) in [6.45, 7) is 11.9. The van der Waals surface area contributed by atoms with E-state index in [4.69, 9.17) is 0 Å². The monoisotopic (exact) mass is 308 g/mol. The molecule has 1 aliphatic carbocycles. The lowest BCUT2D eigenvalue weighted by molar-refractivity contribution is 0.473. The lowest BCUT2D eigenvalue weighted by Gasteiger charge is -2.18. The Kier molecular flexibility index (Phi) is 7.90. The van der Waals surface area contributed by atoms with Crippen LogP contribution in [0.2, 0.25) is 0 Å². The van der Waals surface area contributed by atoms with E-state index in [0.717, 1.165) is 29.5 Å². The number of phenols is 1. The first kappa shape index (κ1) is 18.8. The number of rotatable bonds is 4. The molecule has 0 radical (unpaired) electrons. The molecule has 1 aliphatic rings. The zero-order valence-electron chi connectivity index (χ0n) is 14.8. The predicted molar refractivity (Wildman–Crippen MR) is 103 cm³/mol. The van der Waals surface area contributed by atoms with Crippen LogP contribution < -0.4 is 0 Å². The van der Waals surface area contributed by atoms with Crippen LogP contribution in [-0.2, 0) is 0 Å². The second-order valence-electron chi connectivity index (χ2n) is 5.20. The zero-order chi connectivity index (χ0) is 17.2. The minimum absolute atomic E-state index is 0.367. The number of hydrogen-bond acceptors (Lipinski definition) is 1. The average Bonchev–Trinajstić information content (AvgIpc) is 2.58. The maximum absolute atomic E-state index is 10.1. The van der Waals surface area contributed by atoms with Crippen molar-refractivity contribution in [3.63, 3.8) is 0 Å². The van der Waals surface area contributed by atoms with E-state index in [1.54, 1.807) is 6.07 Å². The van der Waals surface area contributed by atoms with Crippen LogP contribution in [0.3, 0.4) is 0 Å². The van der Waals surface area contributed by atoms with Gasteiger partial charge < -0.3 is 5.11 Å². The maximum Gasteiger partial charge on any atom is 0.123 e. The van der Waals surface area contributed by atoms with Gasteiger partial charge in [-0.3, -0.25) is 0 Å². The molecule has 1 nitrogen and oxygen atoms in total. The summed E-state index contributed by atoms with van der Waals surface area (Å²) in [6, 6.07) is 5.67. The molecule has 0 aromatic heterocycles. The molecule has 1 aromatic carbocycles. The largest absolute Gasteiger partial charge is 0.507 e. The van der Waals surface area contributed by atoms with Gasteiger partial charge in [-0.15, -0.1) is 0 Å². The first-order valence-electron chi connectivity index (χ1n) is 8.32. The summed E-state index contributed by atoms with van der Waals surface area (Å²) in [4.78, 5) is 0. The van der Waals surface area contributed by atoms with E-state index < -0.39 is 0 Å². The first-order valence-corrected chi connectivity index (χ1v) is 8.32. The van der Waals surface area contributed by atoms with Crippen molar-refractivity contribution in [1.29, 1.82) is 0 Å². The van der Waals surface area contributed by atoms with Crippen molar-refractivity contribution >= 4 is 5.57 Å². The Bertz CT molecular complexity index is 634. The van der Waals surface area contributed by atoms with Gasteiger partial charge in [-0.05, 0) is 55.0 Å². The van der Waals surface area contributed by atoms with Gasteiger partial charge in [-0.2, -0.15) is 0 Å². The number of allylic oxidation sites excluding steroid dienone is 9. The second kappa shape index (κ2) is 9.68. The molecule has 0 saturated heterocycles. The van der Waals surface area contributed by atoms with Crippen LogP contribution in [0.5, 0.6) is 5.75 Å². The Morgan fingerprint density at radius 3 is 2.43 bits per heavy atom. The van der Waals surface area contributed by atoms with Crippen LogP contribution in [-0.4, -0.2) is 5.11 Å². The van der Waals surface area contributed by atoms with E-state index in [1.165, 1.54) is 11.1 Å². The van der Waals surface area contributed by atoms with E-state index in [9.17, 15) is 5.11 Å². The quantitative estimate of drug-likeness (QED) is 0.628. The normalized spacial score (nSPS) is 14.7. The van der Waals surface area contributed by atoms with Crippen molar-refractivity contribution in [2.24, 2.45) is 0 Å². The molecule has 0 atom stereocenters. The topological polar surface area (TPSA) is 20.2 Å². The molecule has 1 heteroatoms. The summed E-state index contributed by atoms with van der Waals surface area (Å²) in [7, 11) is 0. The van der Waals surface area contributed by atoms with Crippen molar-refractivity contribution in [2.45, 2.75) is 40.5 Å². The molecule has 2 rings (SSSR count). The Hall–Kier alpha value is -2.28. The van der Waals surface area contributed by atoms with Gasteiger partial charge in [0.2, 0.25) is 0 Å². The highest BCUT2D eigenvalue weighted by molar-refractivity contribution is 5.75. The van der Waals surface area contributed by atoms with Gasteiger partial charge in [0.05, 0.1) is 0 Å². The molecular formula is C22H28O. The smallest absolute Gasteiger partial charge is 0.123 e. The van der Waals surface area contributed by atoms with E-state index in [0.29, 0.717) is 5.75 Å². The van der Waals surface area contributed by atoms with Crippen LogP contribution >= 0.6 is 0 Å². The molecule has 1 aromatic rings. The van der Waals surface area contributed by atoms with Gasteiger partial charge in [0.1, 0.15) is 5.75 Å². The van der Waals surface area contributed by atoms with Crippen LogP contribution in [0.15, 0.2) is 72.4 Å². The van der Waals surface area contributed by atoms with Crippen molar-refractivity contribution in [2.75, 3.05) is 0 Å². The van der Waals surface area contributed by atoms with Crippen LogP contribution in [0, 0.1) is 6.92 Å². The van der Waals surface area contributed by atoms with Gasteiger partial charge in [-0.25, -0.2) is 0 Å². The molecule has 0 aliphatic heterocycles. The molecule has 0 spiro atoms. The SMILES string of the molecule is C=C/C(=C\C=C/C)C1=CC=C(c2c(C)cccc2O)CC1.CC. The van der Waals surface area contributed by atoms with Gasteiger partial charge in [0.25, 0.3) is 0 Å². The summed E-state index contributed by atoms with van der Waals surface area (Å²) in [5, 5.41) is 10.1. The molecule has 0 unspecified atom stereocenters. The van der Waals surface area contributed by atoms with Gasteiger partial charge in [0.15, 0.2) is 0 Å². The fraction of sp³-hybridized carbons (Fsp3) is 0.273. The van der Waals surface area contributed by atoms with Crippen LogP contribution in [0.4, 0.5) is 0 Å². The highest BCUT2D eigenvalue weighted by Gasteiger charge is 2.14. The Morgan fingerprint density at radius 2 is 1.91 bits per heavy atom. The standard InChI is InChI=1S/C20H22O.C2H6/c1-4-6-9-16(5-2)17-11-13-18(14-12-17)20-15(3)8-7-10-19(20)21;1-2/h4-11,13,21H,2,12,14H2,1,3H3;1-2H3/b6-4-,16-9+;. The number of phenolic OH excluding ortho intramolecular Hbond substituents is 1. The van der Waals surface area contributed by atoms with E-state index in [2.05, 4.69) is 24.8 Å². The van der Waals surface area contributed by atoms with Gasteiger partial charge >= 0.3 is 0 Å². The molecule has 0 saturated carbocycles. The Labute approximate surface area is 141 Å². The van der Waals surface area contributed by atoms with E-state index >= 15 is 0 Å². The molecule has 0 amide bonds. The Balaban J connectivity index is 0.00000127. The zero-order valence-corrected chi connectivity index (χ0v) is 14.8. The lowest BCUT2D eigenvalue weighted by Crippen LogP contribution is -1.97. The maximum atomic E-state index is 10.1. The summed E-state index contributed by atoms with van der Waals surface area (Å²) in [5.41, 5.74) is 5.75. The molecular weight excluding hydrogens is 280 g/mol. The fourth-order valence-corrected chi connectivity index (χ4v) is 2.66. The molecule has 0 heterocycles. The van der Waals surface area contributed by atoms with E-state index in [-0.39, 0.29) is 0 Å². The minimum atomic E-state index is 0.367. The fourth-order valence-electron chi connectivity index (χ4n) is 2.66. The van der Waals surface area contributed by atoms with E-state index in [1.807, 2.05) is 58.1 Å². The summed E-state index contributed by atoms with van der Waals surface area (Å²) in [5.74, 6) is 0.367. The third-order valence-electron chi connectivity index (χ3n) is 3.78. The van der Waals surface area contributed by atoms with Crippen molar-refractivity contribution in [3.8, 4) is 5.75 Å². The van der Waals surface area contributed by atoms with Crippen LogP contribution in [0.25, 0.3) is 5.57 Å². The molecule has 0 fully saturated rings. The van der Waals surface area contributed by atoms with Crippen molar-refractivity contribution in [1.82, 2.24) is 0 Å². The van der Waals surface area contributed by atoms with Crippen molar-refractivity contribution < 1.29 is 5.11 Å². The summed E-state index contributed by atoms with van der Waals surface area (Å²) >= 11 is 0. The van der Waals surface area contributed by atoms with Crippen LogP contribution in [0.1, 0.15) is 44.7 Å². The highest BCUT2D eigenvalue weighted by Crippen LogP contribution is 2.35. The number of hydrogen-bond donors (Lipinski definition) is 1. The third kappa shape index (κ3) is 4.85. The minimum Gasteiger partial charge on any atom is -0.507 e. The summed E-state index contributed by atoms with van der Waals surface area (Å²) < 4.78 is 0. The highest BCUT2D eigenvalue weighted by atomic mass is 16.3. The molecule has 23 heavy (non-hydrogen) atoms. The Morgan fingerprint density at radius 1 is 1.17 bits per heavy atom. The van der Waals surface area contributed by atoms with Crippen molar-refractivity contribution in [3.05, 3.63) is 83.5 Å². The van der Waals surface area contributed by atoms with Gasteiger partial charge in [-0.1, -0.05) is 69.0 Å².